The van der Waals surface area contributed by atoms with Gasteiger partial charge in [-0.2, -0.15) is 0 Å². The van der Waals surface area contributed by atoms with Crippen molar-refractivity contribution < 1.29 is 19.6 Å². The predicted octanol–water partition coefficient (Wildman–Crippen LogP) is 1.20. The van der Waals surface area contributed by atoms with E-state index in [1.165, 1.54) is 25.3 Å². The molecule has 0 bridgehead atoms. The fraction of sp³-hybridized carbons (Fsp3) is 0.462. The van der Waals surface area contributed by atoms with Crippen molar-refractivity contribution in [2.75, 3.05) is 20.3 Å². The van der Waals surface area contributed by atoms with Crippen LogP contribution in [0.25, 0.3) is 0 Å². The number of rotatable bonds is 4. The summed E-state index contributed by atoms with van der Waals surface area (Å²) in [6, 6.07) is 3.86. The van der Waals surface area contributed by atoms with E-state index in [0.29, 0.717) is 12.1 Å². The highest BCUT2D eigenvalue weighted by Gasteiger charge is 2.29. The van der Waals surface area contributed by atoms with E-state index >= 15 is 0 Å². The lowest BCUT2D eigenvalue weighted by molar-refractivity contribution is -0.385. The van der Waals surface area contributed by atoms with Gasteiger partial charge < -0.3 is 14.7 Å². The second-order valence-corrected chi connectivity index (χ2v) is 4.62. The molecule has 0 saturated carbocycles. The van der Waals surface area contributed by atoms with Gasteiger partial charge in [-0.15, -0.1) is 0 Å². The summed E-state index contributed by atoms with van der Waals surface area (Å²) in [6.07, 6.45) is 1.62. The zero-order valence-corrected chi connectivity index (χ0v) is 11.1. The molecule has 1 aliphatic rings. The Morgan fingerprint density at radius 2 is 2.35 bits per heavy atom. The van der Waals surface area contributed by atoms with Crippen molar-refractivity contribution in [2.24, 2.45) is 0 Å². The van der Waals surface area contributed by atoms with E-state index in [-0.39, 0.29) is 30.0 Å². The molecule has 1 N–H and O–H groups in total. The monoisotopic (exact) mass is 280 g/mol. The van der Waals surface area contributed by atoms with Crippen LogP contribution < -0.4 is 4.74 Å². The van der Waals surface area contributed by atoms with E-state index in [0.717, 1.165) is 12.8 Å². The molecule has 1 amide bonds. The largest absolute Gasteiger partial charge is 0.490 e. The van der Waals surface area contributed by atoms with E-state index in [2.05, 4.69) is 0 Å². The van der Waals surface area contributed by atoms with Gasteiger partial charge in [-0.3, -0.25) is 14.9 Å². The fourth-order valence-corrected chi connectivity index (χ4v) is 2.42. The van der Waals surface area contributed by atoms with Gasteiger partial charge in [0.15, 0.2) is 5.75 Å². The van der Waals surface area contributed by atoms with Crippen LogP contribution >= 0.6 is 0 Å². The average Bonchev–Trinajstić information content (AvgIpc) is 2.93. The maximum absolute atomic E-state index is 12.4. The Balaban J connectivity index is 2.29. The summed E-state index contributed by atoms with van der Waals surface area (Å²) >= 11 is 0. The molecule has 0 aromatic heterocycles. The molecule has 1 aliphatic heterocycles. The van der Waals surface area contributed by atoms with Gasteiger partial charge >= 0.3 is 5.69 Å². The molecule has 0 unspecified atom stereocenters. The van der Waals surface area contributed by atoms with Crippen LogP contribution in [0, 0.1) is 10.1 Å². The molecule has 2 rings (SSSR count). The Kier molecular flexibility index (Phi) is 4.19. The lowest BCUT2D eigenvalue weighted by atomic mass is 10.1. The minimum Gasteiger partial charge on any atom is -0.490 e. The van der Waals surface area contributed by atoms with Crippen molar-refractivity contribution in [2.45, 2.75) is 18.9 Å². The minimum absolute atomic E-state index is 0.0561. The van der Waals surface area contributed by atoms with Crippen LogP contribution in [0.3, 0.4) is 0 Å². The molecule has 7 heteroatoms. The van der Waals surface area contributed by atoms with Crippen molar-refractivity contribution in [3.05, 3.63) is 33.9 Å². The first kappa shape index (κ1) is 14.3. The fourth-order valence-electron chi connectivity index (χ4n) is 2.42. The molecular formula is C13H16N2O5. The number of aliphatic hydroxyl groups excluding tert-OH is 1. The van der Waals surface area contributed by atoms with E-state index < -0.39 is 4.92 Å². The molecule has 0 radical (unpaired) electrons. The number of aliphatic hydroxyl groups is 1. The van der Waals surface area contributed by atoms with Crippen LogP contribution in [0.5, 0.6) is 5.75 Å². The predicted molar refractivity (Wildman–Crippen MR) is 70.8 cm³/mol. The zero-order valence-electron chi connectivity index (χ0n) is 11.1. The van der Waals surface area contributed by atoms with Crippen LogP contribution in [-0.4, -0.2) is 47.1 Å². The number of likely N-dealkylation sites (tertiary alicyclic amines) is 1. The number of carbonyl (C=O) groups is 1. The molecular weight excluding hydrogens is 264 g/mol. The summed E-state index contributed by atoms with van der Waals surface area (Å²) in [4.78, 5) is 24.2. The summed E-state index contributed by atoms with van der Waals surface area (Å²) < 4.78 is 4.95. The lowest BCUT2D eigenvalue weighted by Gasteiger charge is -2.23. The van der Waals surface area contributed by atoms with Crippen molar-refractivity contribution in [3.63, 3.8) is 0 Å². The molecule has 0 aliphatic carbocycles. The Labute approximate surface area is 115 Å². The Bertz CT molecular complexity index is 531. The van der Waals surface area contributed by atoms with Gasteiger partial charge in [0.05, 0.1) is 24.7 Å². The third kappa shape index (κ3) is 2.57. The van der Waals surface area contributed by atoms with Gasteiger partial charge in [-0.1, -0.05) is 0 Å². The average molecular weight is 280 g/mol. The van der Waals surface area contributed by atoms with Gasteiger partial charge in [-0.05, 0) is 18.9 Å². The molecule has 1 fully saturated rings. The number of nitrogens with zero attached hydrogens (tertiary/aromatic N) is 2. The molecule has 1 aromatic carbocycles. The highest BCUT2D eigenvalue weighted by molar-refractivity contribution is 5.95. The van der Waals surface area contributed by atoms with E-state index in [1.807, 2.05) is 0 Å². The number of amides is 1. The van der Waals surface area contributed by atoms with Crippen molar-refractivity contribution >= 4 is 11.6 Å². The first-order valence-electron chi connectivity index (χ1n) is 6.32. The molecule has 108 valence electrons. The number of benzene rings is 1. The SMILES string of the molecule is COc1cc(C(=O)N2CCC[C@H]2CO)ccc1[N+](=O)[O-]. The third-order valence-electron chi connectivity index (χ3n) is 3.47. The summed E-state index contributed by atoms with van der Waals surface area (Å²) in [5.41, 5.74) is 0.150. The first-order chi connectivity index (χ1) is 9.58. The summed E-state index contributed by atoms with van der Waals surface area (Å²) in [5.74, 6) is -0.185. The van der Waals surface area contributed by atoms with Crippen LogP contribution in [0.2, 0.25) is 0 Å². The van der Waals surface area contributed by atoms with Crippen molar-refractivity contribution in [1.82, 2.24) is 4.90 Å². The summed E-state index contributed by atoms with van der Waals surface area (Å²) in [7, 11) is 1.32. The first-order valence-corrected chi connectivity index (χ1v) is 6.32. The van der Waals surface area contributed by atoms with Gasteiger partial charge in [0.25, 0.3) is 5.91 Å². The third-order valence-corrected chi connectivity index (χ3v) is 3.47. The van der Waals surface area contributed by atoms with Crippen molar-refractivity contribution in [3.8, 4) is 5.75 Å². The number of methoxy groups -OCH3 is 1. The van der Waals surface area contributed by atoms with Crippen LogP contribution in [0.1, 0.15) is 23.2 Å². The number of nitro benzene ring substituents is 1. The smallest absolute Gasteiger partial charge is 0.310 e. The lowest BCUT2D eigenvalue weighted by Crippen LogP contribution is -2.37. The molecule has 1 heterocycles. The Morgan fingerprint density at radius 3 is 2.95 bits per heavy atom. The van der Waals surface area contributed by atoms with Gasteiger partial charge in [0.1, 0.15) is 0 Å². The minimum atomic E-state index is -0.556. The molecule has 20 heavy (non-hydrogen) atoms. The Hall–Kier alpha value is -2.15. The highest BCUT2D eigenvalue weighted by Crippen LogP contribution is 2.29. The number of ether oxygens (including phenoxy) is 1. The molecule has 0 spiro atoms. The van der Waals surface area contributed by atoms with Gasteiger partial charge in [-0.25, -0.2) is 0 Å². The van der Waals surface area contributed by atoms with Crippen LogP contribution in [-0.2, 0) is 0 Å². The normalized spacial score (nSPS) is 18.1. The number of hydrogen-bond acceptors (Lipinski definition) is 5. The molecule has 1 atom stereocenters. The van der Waals surface area contributed by atoms with E-state index in [4.69, 9.17) is 4.74 Å². The van der Waals surface area contributed by atoms with Crippen molar-refractivity contribution in [1.29, 1.82) is 0 Å². The second-order valence-electron chi connectivity index (χ2n) is 4.62. The summed E-state index contributed by atoms with van der Waals surface area (Å²) in [6.45, 7) is 0.513. The quantitative estimate of drug-likeness (QED) is 0.660. The zero-order chi connectivity index (χ0) is 14.7. The van der Waals surface area contributed by atoms with E-state index in [1.54, 1.807) is 4.90 Å². The number of nitro groups is 1. The number of carbonyl (C=O) groups excluding carboxylic acids is 1. The topological polar surface area (TPSA) is 92.9 Å². The Morgan fingerprint density at radius 1 is 1.60 bits per heavy atom. The second kappa shape index (κ2) is 5.87. The van der Waals surface area contributed by atoms with Gasteiger partial charge in [0.2, 0.25) is 0 Å². The maximum Gasteiger partial charge on any atom is 0.310 e. The molecule has 7 nitrogen and oxygen atoms in total. The number of hydrogen-bond donors (Lipinski definition) is 1. The van der Waals surface area contributed by atoms with Crippen LogP contribution in [0.15, 0.2) is 18.2 Å². The van der Waals surface area contributed by atoms with Crippen LogP contribution in [0.4, 0.5) is 5.69 Å². The molecule has 1 saturated heterocycles. The maximum atomic E-state index is 12.4. The summed E-state index contributed by atoms with van der Waals surface area (Å²) in [5, 5.41) is 20.1. The molecule has 1 aromatic rings. The standard InChI is InChI=1S/C13H16N2O5/c1-20-12-7-9(4-5-11(12)15(18)19)13(17)14-6-2-3-10(14)8-16/h4-5,7,10,16H,2-3,6,8H2,1H3/t10-/m0/s1. The van der Waals surface area contributed by atoms with Gasteiger partial charge in [0, 0.05) is 24.2 Å². The highest BCUT2D eigenvalue weighted by atomic mass is 16.6. The van der Waals surface area contributed by atoms with E-state index in [9.17, 15) is 20.0 Å².